The zero-order valence-electron chi connectivity index (χ0n) is 14.5. The first-order valence-electron chi connectivity index (χ1n) is 6.89. The Labute approximate surface area is 128 Å². The normalized spacial score (nSPS) is 11.0. The van der Waals surface area contributed by atoms with Gasteiger partial charge in [-0.05, 0) is 24.2 Å². The second-order valence-electron chi connectivity index (χ2n) is 7.56. The number of hydrogen-bond acceptors (Lipinski definition) is 3. The molecule has 122 valence electrons. The van der Waals surface area contributed by atoms with Crippen LogP contribution in [0, 0.1) is 10.8 Å². The number of carboxylic acids is 1. The van der Waals surface area contributed by atoms with Gasteiger partial charge in [0.1, 0.15) is 0 Å². The molecule has 4 heteroatoms. The Bertz CT molecular complexity index is 380. The average Bonchev–Trinajstić information content (AvgIpc) is 2.23. The van der Waals surface area contributed by atoms with Crippen LogP contribution < -0.4 is 0 Å². The fraction of sp³-hybridized carbons (Fsp3) is 0.647. The van der Waals surface area contributed by atoms with E-state index in [0.29, 0.717) is 18.6 Å². The number of carbonyl (C=O) groups is 2. The van der Waals surface area contributed by atoms with Crippen molar-refractivity contribution >= 4 is 11.9 Å². The number of hydrogen-bond donors (Lipinski definition) is 1. The largest absolute Gasteiger partial charge is 0.478 e. The predicted octanol–water partition coefficient (Wildman–Crippen LogP) is 4.22. The van der Waals surface area contributed by atoms with E-state index in [4.69, 9.17) is 9.84 Å². The van der Waals surface area contributed by atoms with Crippen LogP contribution in [0.5, 0.6) is 0 Å². The van der Waals surface area contributed by atoms with Crippen molar-refractivity contribution in [3.05, 3.63) is 24.3 Å². The van der Waals surface area contributed by atoms with Crippen LogP contribution in [0.3, 0.4) is 0 Å². The van der Waals surface area contributed by atoms with Crippen LogP contribution in [-0.2, 0) is 14.3 Å². The molecule has 0 fully saturated rings. The summed E-state index contributed by atoms with van der Waals surface area (Å²) in [7, 11) is 0. The molecule has 0 aliphatic heterocycles. The van der Waals surface area contributed by atoms with Crippen molar-refractivity contribution in [1.29, 1.82) is 0 Å². The monoisotopic (exact) mass is 298 g/mol. The Morgan fingerprint density at radius 2 is 1.38 bits per heavy atom. The Hall–Kier alpha value is -1.58. The minimum Gasteiger partial charge on any atom is -0.478 e. The van der Waals surface area contributed by atoms with E-state index >= 15 is 0 Å². The molecule has 0 aromatic heterocycles. The minimum absolute atomic E-state index is 0.0116. The topological polar surface area (TPSA) is 63.6 Å². The smallest absolute Gasteiger partial charge is 0.333 e. The molecule has 0 spiro atoms. The van der Waals surface area contributed by atoms with Crippen molar-refractivity contribution in [2.45, 2.75) is 54.9 Å². The summed E-state index contributed by atoms with van der Waals surface area (Å²) in [6.07, 6.45) is 0.677. The maximum Gasteiger partial charge on any atom is 0.333 e. The average molecular weight is 298 g/mol. The molecular formula is C17H30O4. The summed E-state index contributed by atoms with van der Waals surface area (Å²) >= 11 is 0. The number of aliphatic carboxylic acids is 1. The van der Waals surface area contributed by atoms with Crippen LogP contribution in [0.1, 0.15) is 54.9 Å². The molecule has 0 atom stereocenters. The molecule has 0 bridgehead atoms. The van der Waals surface area contributed by atoms with Crippen LogP contribution in [0.15, 0.2) is 24.3 Å². The van der Waals surface area contributed by atoms with Gasteiger partial charge in [0, 0.05) is 11.1 Å². The van der Waals surface area contributed by atoms with Gasteiger partial charge in [0.15, 0.2) is 0 Å². The molecule has 0 saturated carbocycles. The van der Waals surface area contributed by atoms with Crippen molar-refractivity contribution in [3.63, 3.8) is 0 Å². The van der Waals surface area contributed by atoms with E-state index < -0.39 is 5.97 Å². The van der Waals surface area contributed by atoms with Crippen LogP contribution in [0.25, 0.3) is 0 Å². The van der Waals surface area contributed by atoms with E-state index in [1.807, 2.05) is 20.8 Å². The number of esters is 1. The van der Waals surface area contributed by atoms with Crippen molar-refractivity contribution < 1.29 is 19.4 Å². The summed E-state index contributed by atoms with van der Waals surface area (Å²) < 4.78 is 5.18. The summed E-state index contributed by atoms with van der Waals surface area (Å²) in [5.41, 5.74) is 0.830. The molecule has 0 aliphatic rings. The van der Waals surface area contributed by atoms with Gasteiger partial charge in [-0.15, -0.1) is 0 Å². The molecular weight excluding hydrogens is 268 g/mol. The summed E-state index contributed by atoms with van der Waals surface area (Å²) in [6, 6.07) is 0. The van der Waals surface area contributed by atoms with Crippen LogP contribution in [0.4, 0.5) is 0 Å². The molecule has 0 rings (SSSR count). The summed E-state index contributed by atoms with van der Waals surface area (Å²) in [4.78, 5) is 21.1. The van der Waals surface area contributed by atoms with E-state index in [2.05, 4.69) is 33.9 Å². The highest BCUT2D eigenvalue weighted by Gasteiger charge is 2.19. The summed E-state index contributed by atoms with van der Waals surface area (Å²) in [5, 5.41) is 7.89. The van der Waals surface area contributed by atoms with Crippen LogP contribution in [-0.4, -0.2) is 23.7 Å². The quantitative estimate of drug-likeness (QED) is 0.623. The zero-order valence-corrected chi connectivity index (χ0v) is 14.5. The number of ether oxygens (including phenoxy) is 1. The number of rotatable bonds is 4. The molecule has 0 unspecified atom stereocenters. The lowest BCUT2D eigenvalue weighted by Gasteiger charge is -2.21. The van der Waals surface area contributed by atoms with Gasteiger partial charge in [-0.25, -0.2) is 9.59 Å². The van der Waals surface area contributed by atoms with Gasteiger partial charge in [0.25, 0.3) is 0 Å². The molecule has 0 aliphatic carbocycles. The Kier molecular flexibility index (Phi) is 8.94. The van der Waals surface area contributed by atoms with Gasteiger partial charge in [-0.1, -0.05) is 54.7 Å². The highest BCUT2D eigenvalue weighted by molar-refractivity contribution is 5.87. The molecule has 0 aromatic carbocycles. The third kappa shape index (κ3) is 16.4. The fourth-order valence-corrected chi connectivity index (χ4v) is 1.10. The molecule has 0 heterocycles. The van der Waals surface area contributed by atoms with Crippen molar-refractivity contribution in [2.24, 2.45) is 10.8 Å². The van der Waals surface area contributed by atoms with Crippen LogP contribution in [0.2, 0.25) is 0 Å². The SMILES string of the molecule is C=C(C)C(=O)O.C=C(CC(C)(C)C)C(=O)OCC(C)(C)C. The molecule has 0 amide bonds. The van der Waals surface area contributed by atoms with Gasteiger partial charge >= 0.3 is 11.9 Å². The van der Waals surface area contributed by atoms with E-state index in [1.165, 1.54) is 6.92 Å². The fourth-order valence-electron chi connectivity index (χ4n) is 1.10. The standard InChI is InChI=1S/C13H24O2.C4H6O2/c1-10(8-12(2,3)4)11(14)15-9-13(5,6)7;1-3(2)4(5)6/h1,8-9H2,2-7H3;1H2,2H3,(H,5,6). The minimum atomic E-state index is -0.935. The molecule has 0 radical (unpaired) electrons. The van der Waals surface area contributed by atoms with Gasteiger partial charge in [-0.2, -0.15) is 0 Å². The van der Waals surface area contributed by atoms with Crippen LogP contribution >= 0.6 is 0 Å². The first-order chi connectivity index (χ1) is 9.15. The van der Waals surface area contributed by atoms with Crippen molar-refractivity contribution in [2.75, 3.05) is 6.61 Å². The number of carboxylic acid groups (broad SMARTS) is 1. The highest BCUT2D eigenvalue weighted by atomic mass is 16.5. The lowest BCUT2D eigenvalue weighted by atomic mass is 9.88. The van der Waals surface area contributed by atoms with Crippen molar-refractivity contribution in [1.82, 2.24) is 0 Å². The van der Waals surface area contributed by atoms with Crippen molar-refractivity contribution in [3.8, 4) is 0 Å². The van der Waals surface area contributed by atoms with E-state index in [1.54, 1.807) is 0 Å². The molecule has 21 heavy (non-hydrogen) atoms. The first-order valence-corrected chi connectivity index (χ1v) is 6.89. The molecule has 0 aromatic rings. The molecule has 4 nitrogen and oxygen atoms in total. The summed E-state index contributed by atoms with van der Waals surface area (Å²) in [5.74, 6) is -1.20. The lowest BCUT2D eigenvalue weighted by molar-refractivity contribution is -0.142. The third-order valence-corrected chi connectivity index (χ3v) is 2.03. The van der Waals surface area contributed by atoms with Gasteiger partial charge in [-0.3, -0.25) is 0 Å². The van der Waals surface area contributed by atoms with Gasteiger partial charge in [0.05, 0.1) is 6.61 Å². The Morgan fingerprint density at radius 1 is 1.00 bits per heavy atom. The Morgan fingerprint density at radius 3 is 1.62 bits per heavy atom. The maximum atomic E-state index is 11.5. The number of carbonyl (C=O) groups excluding carboxylic acids is 1. The first kappa shape index (κ1) is 21.7. The van der Waals surface area contributed by atoms with E-state index in [0.717, 1.165) is 0 Å². The van der Waals surface area contributed by atoms with E-state index in [-0.39, 0.29) is 22.4 Å². The second-order valence-corrected chi connectivity index (χ2v) is 7.56. The van der Waals surface area contributed by atoms with E-state index in [9.17, 15) is 9.59 Å². The third-order valence-electron chi connectivity index (χ3n) is 2.03. The van der Waals surface area contributed by atoms with Gasteiger partial charge in [0.2, 0.25) is 0 Å². The highest BCUT2D eigenvalue weighted by Crippen LogP contribution is 2.24. The lowest BCUT2D eigenvalue weighted by Crippen LogP contribution is -2.20. The Balaban J connectivity index is 0. The molecule has 1 N–H and O–H groups in total. The van der Waals surface area contributed by atoms with Gasteiger partial charge < -0.3 is 9.84 Å². The maximum absolute atomic E-state index is 11.5. The molecule has 0 saturated heterocycles. The zero-order chi connectivity index (χ0) is 17.4. The predicted molar refractivity (Wildman–Crippen MR) is 86.1 cm³/mol. The summed E-state index contributed by atoms with van der Waals surface area (Å²) in [6.45, 7) is 21.1. The second kappa shape index (κ2) is 8.65.